The summed E-state index contributed by atoms with van der Waals surface area (Å²) >= 11 is 0. The van der Waals surface area contributed by atoms with Crippen LogP contribution in [0.4, 0.5) is 0 Å². The van der Waals surface area contributed by atoms with Gasteiger partial charge in [0.1, 0.15) is 19.3 Å². The normalized spacial score (nSPS) is 14.5. The average molecular weight is 1240 g/mol. The molecule has 3 N–H and O–H groups in total. The molecule has 0 radical (unpaired) electrons. The zero-order valence-electron chi connectivity index (χ0n) is 54.0. The molecule has 0 fully saturated rings. The Bertz CT molecular complexity index is 1640. The number of carbonyl (C=O) groups excluding carboxylic acids is 4. The molecule has 0 aliphatic heterocycles. The first-order valence-corrected chi connectivity index (χ1v) is 37.2. The van der Waals surface area contributed by atoms with Crippen LogP contribution in [0, 0.1) is 5.92 Å². The Morgan fingerprint density at radius 3 is 0.845 bits per heavy atom. The molecule has 3 unspecified atom stereocenters. The van der Waals surface area contributed by atoms with Gasteiger partial charge >= 0.3 is 39.5 Å². The van der Waals surface area contributed by atoms with Gasteiger partial charge in [0.15, 0.2) is 12.2 Å². The van der Waals surface area contributed by atoms with E-state index in [0.29, 0.717) is 25.7 Å². The molecule has 19 heteroatoms. The Hall–Kier alpha value is -1.94. The van der Waals surface area contributed by atoms with Gasteiger partial charge < -0.3 is 33.8 Å². The summed E-state index contributed by atoms with van der Waals surface area (Å²) in [5.74, 6) is -1.30. The number of phosphoric acid groups is 2. The van der Waals surface area contributed by atoms with E-state index in [-0.39, 0.29) is 25.7 Å². The fourth-order valence-corrected chi connectivity index (χ4v) is 11.3. The van der Waals surface area contributed by atoms with Crippen molar-refractivity contribution in [1.29, 1.82) is 0 Å². The number of aliphatic hydroxyl groups is 1. The third kappa shape index (κ3) is 57.8. The Labute approximate surface area is 511 Å². The largest absolute Gasteiger partial charge is 0.472 e. The second-order valence-corrected chi connectivity index (χ2v) is 26.7. The molecule has 498 valence electrons. The number of rotatable bonds is 65. The molecule has 0 aliphatic rings. The molecule has 17 nitrogen and oxygen atoms in total. The number of hydrogen-bond acceptors (Lipinski definition) is 15. The highest BCUT2D eigenvalue weighted by Gasteiger charge is 2.30. The molecule has 0 heterocycles. The predicted octanol–water partition coefficient (Wildman–Crippen LogP) is 18.2. The summed E-state index contributed by atoms with van der Waals surface area (Å²) in [6, 6.07) is 0. The minimum Gasteiger partial charge on any atom is -0.462 e. The molecule has 0 aliphatic carbocycles. The van der Waals surface area contributed by atoms with Gasteiger partial charge in [-0.05, 0) is 31.6 Å². The second-order valence-electron chi connectivity index (χ2n) is 23.7. The summed E-state index contributed by atoms with van der Waals surface area (Å²) < 4.78 is 67.7. The molecule has 0 amide bonds. The van der Waals surface area contributed by atoms with Crippen molar-refractivity contribution in [2.24, 2.45) is 5.92 Å². The second kappa shape index (κ2) is 58.7. The lowest BCUT2D eigenvalue weighted by atomic mass is 9.99. The molecule has 0 saturated carbocycles. The predicted molar refractivity (Wildman–Crippen MR) is 335 cm³/mol. The molecule has 84 heavy (non-hydrogen) atoms. The van der Waals surface area contributed by atoms with Gasteiger partial charge in [-0.2, -0.15) is 0 Å². The molecule has 0 rings (SSSR count). The van der Waals surface area contributed by atoms with E-state index in [2.05, 4.69) is 34.6 Å². The number of unbranched alkanes of at least 4 members (excludes halogenated alkanes) is 36. The Balaban J connectivity index is 5.13. The zero-order chi connectivity index (χ0) is 62.0. The van der Waals surface area contributed by atoms with E-state index in [9.17, 15) is 43.2 Å². The van der Waals surface area contributed by atoms with E-state index in [1.54, 1.807) is 0 Å². The quantitative estimate of drug-likeness (QED) is 0.0222. The van der Waals surface area contributed by atoms with Gasteiger partial charge in [0, 0.05) is 25.7 Å². The molecular weight excluding hydrogens is 1110 g/mol. The van der Waals surface area contributed by atoms with Gasteiger partial charge in [0.25, 0.3) is 0 Å². The van der Waals surface area contributed by atoms with Crippen LogP contribution in [0.2, 0.25) is 0 Å². The van der Waals surface area contributed by atoms with Crippen molar-refractivity contribution in [1.82, 2.24) is 0 Å². The Morgan fingerprint density at radius 2 is 0.571 bits per heavy atom. The fourth-order valence-electron chi connectivity index (χ4n) is 9.73. The summed E-state index contributed by atoms with van der Waals surface area (Å²) in [5.41, 5.74) is 0. The Kier molecular flexibility index (Phi) is 57.4. The van der Waals surface area contributed by atoms with Crippen LogP contribution in [-0.2, 0) is 65.4 Å². The van der Waals surface area contributed by atoms with Crippen LogP contribution in [0.1, 0.15) is 330 Å². The molecule has 0 aromatic heterocycles. The molecule has 0 saturated heterocycles. The lowest BCUT2D eigenvalue weighted by molar-refractivity contribution is -0.161. The number of esters is 4. The van der Waals surface area contributed by atoms with Gasteiger partial charge in [0.2, 0.25) is 0 Å². The van der Waals surface area contributed by atoms with Crippen LogP contribution >= 0.6 is 15.6 Å². The lowest BCUT2D eigenvalue weighted by Crippen LogP contribution is -2.30. The van der Waals surface area contributed by atoms with E-state index in [1.807, 2.05) is 0 Å². The molecule has 0 aromatic rings. The SMILES string of the molecule is CCCCCCCCCCCCCCCCC(=O)OC[C@H](COP(=O)(O)OC[C@@H](O)COP(=O)(O)OC[C@@H](COC(=O)CCCCCCC)OC(=O)CCCCCCCCC)OC(=O)CCCCCCCCCCCCCCCCC(C)CC. The van der Waals surface area contributed by atoms with Gasteiger partial charge in [-0.1, -0.05) is 279 Å². The van der Waals surface area contributed by atoms with Crippen LogP contribution in [-0.4, -0.2) is 96.7 Å². The Morgan fingerprint density at radius 1 is 0.333 bits per heavy atom. The summed E-state index contributed by atoms with van der Waals surface area (Å²) in [5, 5.41) is 10.5. The maximum atomic E-state index is 13.0. The molecule has 6 atom stereocenters. The minimum atomic E-state index is -4.94. The maximum Gasteiger partial charge on any atom is 0.472 e. The lowest BCUT2D eigenvalue weighted by Gasteiger charge is -2.21. The highest BCUT2D eigenvalue weighted by molar-refractivity contribution is 7.47. The smallest absolute Gasteiger partial charge is 0.462 e. The number of hydrogen-bond donors (Lipinski definition) is 3. The number of carbonyl (C=O) groups is 4. The summed E-state index contributed by atoms with van der Waals surface area (Å²) in [6.07, 6.45) is 43.5. The van der Waals surface area contributed by atoms with Crippen LogP contribution in [0.15, 0.2) is 0 Å². The van der Waals surface area contributed by atoms with Gasteiger partial charge in [-0.3, -0.25) is 37.3 Å². The minimum absolute atomic E-state index is 0.103. The summed E-state index contributed by atoms with van der Waals surface area (Å²) in [4.78, 5) is 71.9. The van der Waals surface area contributed by atoms with Crippen molar-refractivity contribution >= 4 is 39.5 Å². The first kappa shape index (κ1) is 82.1. The van der Waals surface area contributed by atoms with Crippen LogP contribution in [0.25, 0.3) is 0 Å². The van der Waals surface area contributed by atoms with Crippen LogP contribution < -0.4 is 0 Å². The number of phosphoric ester groups is 2. The van der Waals surface area contributed by atoms with Gasteiger partial charge in [-0.25, -0.2) is 9.13 Å². The van der Waals surface area contributed by atoms with Gasteiger partial charge in [-0.15, -0.1) is 0 Å². The summed E-state index contributed by atoms with van der Waals surface area (Å²) in [6.45, 7) is 7.13. The average Bonchev–Trinajstić information content (AvgIpc) is 3.58. The van der Waals surface area contributed by atoms with Crippen molar-refractivity contribution < 1.29 is 80.2 Å². The number of ether oxygens (including phenoxy) is 4. The molecular formula is C65H126O17P2. The molecule has 0 aromatic carbocycles. The highest BCUT2D eigenvalue weighted by Crippen LogP contribution is 2.45. The third-order valence-corrected chi connectivity index (χ3v) is 17.3. The maximum absolute atomic E-state index is 13.0. The molecule has 0 spiro atoms. The topological polar surface area (TPSA) is 237 Å². The van der Waals surface area contributed by atoms with Crippen molar-refractivity contribution in [2.45, 2.75) is 348 Å². The highest BCUT2D eigenvalue weighted by atomic mass is 31.2. The van der Waals surface area contributed by atoms with Crippen molar-refractivity contribution in [3.8, 4) is 0 Å². The standard InChI is InChI=1S/C65H126O17P2/c1-6-10-13-16-18-19-20-21-25-28-31-35-39-44-49-63(68)76-55-61(82-65(70)51-46-41-36-32-29-26-23-22-24-27-30-34-38-42-47-58(5)9-4)57-80-84(73,74)78-53-59(66)52-77-83(71,72)79-56-60(54-75-62(67)48-43-37-15-12-8-3)81-64(69)50-45-40-33-17-14-11-7-2/h58-61,66H,6-57H2,1-5H3,(H,71,72)(H,73,74)/t58?,59-,60+,61+/m0/s1. The van der Waals surface area contributed by atoms with E-state index in [1.165, 1.54) is 135 Å². The van der Waals surface area contributed by atoms with E-state index < -0.39 is 97.5 Å². The van der Waals surface area contributed by atoms with Crippen molar-refractivity contribution in [3.63, 3.8) is 0 Å². The summed E-state index contributed by atoms with van der Waals surface area (Å²) in [7, 11) is -9.87. The van der Waals surface area contributed by atoms with Gasteiger partial charge in [0.05, 0.1) is 26.4 Å². The van der Waals surface area contributed by atoms with E-state index >= 15 is 0 Å². The monoisotopic (exact) mass is 1240 g/mol. The zero-order valence-corrected chi connectivity index (χ0v) is 55.8. The van der Waals surface area contributed by atoms with Crippen molar-refractivity contribution in [3.05, 3.63) is 0 Å². The number of aliphatic hydroxyl groups excluding tert-OH is 1. The first-order valence-electron chi connectivity index (χ1n) is 34.2. The van der Waals surface area contributed by atoms with Crippen LogP contribution in [0.3, 0.4) is 0 Å². The third-order valence-electron chi connectivity index (χ3n) is 15.4. The first-order chi connectivity index (χ1) is 40.6. The van der Waals surface area contributed by atoms with E-state index in [0.717, 1.165) is 115 Å². The van der Waals surface area contributed by atoms with Crippen LogP contribution in [0.5, 0.6) is 0 Å². The van der Waals surface area contributed by atoms with E-state index in [4.69, 9.17) is 37.0 Å². The van der Waals surface area contributed by atoms with Crippen molar-refractivity contribution in [2.75, 3.05) is 39.6 Å². The fraction of sp³-hybridized carbons (Fsp3) is 0.938. The molecule has 0 bridgehead atoms.